The van der Waals surface area contributed by atoms with Crippen molar-refractivity contribution >= 4 is 52.5 Å². The van der Waals surface area contributed by atoms with E-state index in [1.807, 2.05) is 91.0 Å². The van der Waals surface area contributed by atoms with Gasteiger partial charge in [-0.1, -0.05) is 103 Å². The first kappa shape index (κ1) is 30.8. The van der Waals surface area contributed by atoms with Crippen LogP contribution in [0.3, 0.4) is 0 Å². The summed E-state index contributed by atoms with van der Waals surface area (Å²) in [5.74, 6) is -0.873. The first-order chi connectivity index (χ1) is 22.0. The maximum absolute atomic E-state index is 14.1. The second-order valence-electron chi connectivity index (χ2n) is 10.4. The average molecular weight is 657 g/mol. The van der Waals surface area contributed by atoms with E-state index in [-0.39, 0.29) is 22.9 Å². The van der Waals surface area contributed by atoms with Crippen LogP contribution < -0.4 is 10.8 Å². The van der Waals surface area contributed by atoms with Gasteiger partial charge in [0.15, 0.2) is 0 Å². The summed E-state index contributed by atoms with van der Waals surface area (Å²) in [5.41, 5.74) is 6.90. The summed E-state index contributed by atoms with van der Waals surface area (Å²) >= 11 is 8.76. The second-order valence-corrected chi connectivity index (χ2v) is 12.6. The van der Waals surface area contributed by atoms with Gasteiger partial charge in [-0.25, -0.2) is 9.78 Å². The average Bonchev–Trinajstić information content (AvgIpc) is 3.62. The predicted octanol–water partition coefficient (Wildman–Crippen LogP) is 5.69. The van der Waals surface area contributed by atoms with Gasteiger partial charge in [0.05, 0.1) is 28.5 Å². The van der Waals surface area contributed by atoms with Crippen LogP contribution in [0.25, 0.3) is 0 Å². The number of benzene rings is 3. The highest BCUT2D eigenvalue weighted by Gasteiger charge is 2.46. The lowest BCUT2D eigenvalue weighted by atomic mass is 9.76. The first-order valence-electron chi connectivity index (χ1n) is 14.3. The van der Waals surface area contributed by atoms with Crippen LogP contribution in [-0.2, 0) is 24.8 Å². The zero-order valence-corrected chi connectivity index (χ0v) is 26.4. The van der Waals surface area contributed by atoms with Gasteiger partial charge in [0.25, 0.3) is 5.91 Å². The van der Waals surface area contributed by atoms with Crippen molar-refractivity contribution < 1.29 is 19.2 Å². The molecule has 2 aliphatic rings. The van der Waals surface area contributed by atoms with Crippen LogP contribution in [0.4, 0.5) is 0 Å². The highest BCUT2D eigenvalue weighted by atomic mass is 35.5. The zero-order chi connectivity index (χ0) is 31.2. The smallest absolute Gasteiger partial charge is 0.334 e. The molecule has 1 saturated heterocycles. The molecule has 2 unspecified atom stereocenters. The van der Waals surface area contributed by atoms with Crippen molar-refractivity contribution in [1.29, 1.82) is 0 Å². The third-order valence-corrected chi connectivity index (χ3v) is 9.74. The van der Waals surface area contributed by atoms with E-state index in [4.69, 9.17) is 16.4 Å². The summed E-state index contributed by atoms with van der Waals surface area (Å²) in [5, 5.41) is 5.27. The number of carbonyl (C=O) groups excluding carboxylic acids is 3. The Morgan fingerprint density at radius 1 is 1.00 bits per heavy atom. The number of hydrogen-bond donors (Lipinski definition) is 2. The van der Waals surface area contributed by atoms with Crippen molar-refractivity contribution in [2.24, 2.45) is 0 Å². The molecular formula is C34H29ClN4O4S2. The molecule has 2 atom stereocenters. The SMILES string of the molecule is O=C(ONC(=O)C(NC(c1ccccc1)(c1ccccc1)c1ccccc1)c1cscn1)C1=C(C=CCCl)CSC2CC(=O)N12. The maximum Gasteiger partial charge on any atom is 0.379 e. The molecule has 0 radical (unpaired) electrons. The van der Waals surface area contributed by atoms with Gasteiger partial charge in [0, 0.05) is 17.0 Å². The molecule has 0 spiro atoms. The summed E-state index contributed by atoms with van der Waals surface area (Å²) in [6.07, 6.45) is 3.76. The Kier molecular flexibility index (Phi) is 9.46. The molecule has 6 rings (SSSR count). The Hall–Kier alpha value is -4.22. The normalized spacial score (nSPS) is 17.0. The van der Waals surface area contributed by atoms with E-state index in [1.54, 1.807) is 34.8 Å². The van der Waals surface area contributed by atoms with Crippen LogP contribution in [0.1, 0.15) is 34.8 Å². The standard InChI is InChI=1S/C34H29ClN4O4S2/c35-18-10-11-23-20-45-29-19-28(40)39(29)31(23)33(42)43-38-32(41)30(27-21-44-22-36-27)37-34(24-12-4-1-5-13-24,25-14-6-2-7-15-25)26-16-8-3-9-17-26/h1-17,21-22,29-30,37H,18-20H2,(H,38,41). The minimum absolute atomic E-state index is 0.113. The number of amides is 2. The van der Waals surface area contributed by atoms with Crippen molar-refractivity contribution in [3.63, 3.8) is 0 Å². The molecule has 1 aromatic heterocycles. The fourth-order valence-corrected chi connectivity index (χ4v) is 7.52. The molecule has 0 bridgehead atoms. The Morgan fingerprint density at radius 2 is 1.60 bits per heavy atom. The minimum atomic E-state index is -1.05. The number of fused-ring (bicyclic) bond motifs is 1. The fourth-order valence-electron chi connectivity index (χ4n) is 5.61. The topological polar surface area (TPSA) is 101 Å². The van der Waals surface area contributed by atoms with Gasteiger partial charge in [-0.3, -0.25) is 19.8 Å². The summed E-state index contributed by atoms with van der Waals surface area (Å²) in [6, 6.07) is 28.5. The highest BCUT2D eigenvalue weighted by Crippen LogP contribution is 2.41. The number of nitrogens with zero attached hydrogens (tertiary/aromatic N) is 2. The number of aromatic nitrogens is 1. The second kappa shape index (κ2) is 13.8. The Balaban J connectivity index is 1.36. The molecule has 228 valence electrons. The number of β-lactam (4-membered cyclic amide) rings is 1. The van der Waals surface area contributed by atoms with Gasteiger partial charge in [-0.2, -0.15) is 5.48 Å². The molecular weight excluding hydrogens is 628 g/mol. The molecule has 1 fully saturated rings. The van der Waals surface area contributed by atoms with Gasteiger partial charge in [0.2, 0.25) is 5.91 Å². The molecule has 0 saturated carbocycles. The number of alkyl halides is 1. The Morgan fingerprint density at radius 3 is 2.11 bits per heavy atom. The Bertz CT molecular complexity index is 1620. The van der Waals surface area contributed by atoms with E-state index in [0.29, 0.717) is 23.4 Å². The van der Waals surface area contributed by atoms with Crippen molar-refractivity contribution in [3.05, 3.63) is 148 Å². The van der Waals surface area contributed by atoms with Crippen molar-refractivity contribution in [2.45, 2.75) is 23.4 Å². The third kappa shape index (κ3) is 6.19. The molecule has 4 aromatic rings. The van der Waals surface area contributed by atoms with Crippen molar-refractivity contribution in [3.8, 4) is 0 Å². The molecule has 0 aliphatic carbocycles. The van der Waals surface area contributed by atoms with Crippen LogP contribution in [0.15, 0.2) is 125 Å². The molecule has 45 heavy (non-hydrogen) atoms. The van der Waals surface area contributed by atoms with Gasteiger partial charge >= 0.3 is 5.97 Å². The number of rotatable bonds is 10. The number of halogens is 1. The number of carbonyl (C=O) groups is 3. The molecule has 3 aromatic carbocycles. The van der Waals surface area contributed by atoms with Crippen molar-refractivity contribution in [2.75, 3.05) is 11.6 Å². The monoisotopic (exact) mass is 656 g/mol. The van der Waals surface area contributed by atoms with Gasteiger partial charge in [-0.05, 0) is 22.3 Å². The third-order valence-electron chi connectivity index (χ3n) is 7.72. The van der Waals surface area contributed by atoms with E-state index in [0.717, 1.165) is 16.7 Å². The number of hydroxylamine groups is 1. The van der Waals surface area contributed by atoms with Crippen LogP contribution >= 0.6 is 34.7 Å². The van der Waals surface area contributed by atoms with E-state index in [1.165, 1.54) is 16.2 Å². The summed E-state index contributed by atoms with van der Waals surface area (Å²) in [4.78, 5) is 51.3. The molecule has 2 amide bonds. The van der Waals surface area contributed by atoms with E-state index in [9.17, 15) is 14.4 Å². The zero-order valence-electron chi connectivity index (χ0n) is 24.0. The van der Waals surface area contributed by atoms with Gasteiger partial charge < -0.3 is 4.84 Å². The fraction of sp³-hybridized carbons (Fsp3) is 0.176. The molecule has 2 N–H and O–H groups in total. The quantitative estimate of drug-likeness (QED) is 0.0979. The van der Waals surface area contributed by atoms with Gasteiger partial charge in [0.1, 0.15) is 11.7 Å². The van der Waals surface area contributed by atoms with Gasteiger partial charge in [-0.15, -0.1) is 34.7 Å². The van der Waals surface area contributed by atoms with Crippen LogP contribution in [0.2, 0.25) is 0 Å². The number of thioether (sulfide) groups is 1. The minimum Gasteiger partial charge on any atom is -0.334 e. The highest BCUT2D eigenvalue weighted by molar-refractivity contribution is 8.00. The molecule has 2 aliphatic heterocycles. The van der Waals surface area contributed by atoms with Crippen LogP contribution in [-0.4, -0.2) is 44.7 Å². The lowest BCUT2D eigenvalue weighted by Gasteiger charge is -2.43. The molecule has 8 nitrogen and oxygen atoms in total. The lowest BCUT2D eigenvalue weighted by molar-refractivity contribution is -0.160. The van der Waals surface area contributed by atoms with Crippen molar-refractivity contribution in [1.82, 2.24) is 20.7 Å². The van der Waals surface area contributed by atoms with E-state index >= 15 is 0 Å². The summed E-state index contributed by atoms with van der Waals surface area (Å²) in [7, 11) is 0. The van der Waals surface area contributed by atoms with Crippen LogP contribution in [0.5, 0.6) is 0 Å². The molecule has 11 heteroatoms. The lowest BCUT2D eigenvalue weighted by Crippen LogP contribution is -2.55. The summed E-state index contributed by atoms with van der Waals surface area (Å²) in [6.45, 7) is 0. The predicted molar refractivity (Wildman–Crippen MR) is 176 cm³/mol. The maximum atomic E-state index is 14.1. The van der Waals surface area contributed by atoms with E-state index < -0.39 is 23.5 Å². The number of thiazole rings is 1. The largest absolute Gasteiger partial charge is 0.379 e. The molecule has 3 heterocycles. The Labute approximate surface area is 274 Å². The number of hydrogen-bond acceptors (Lipinski definition) is 8. The number of allylic oxidation sites excluding steroid dienone is 2. The van der Waals surface area contributed by atoms with Crippen LogP contribution in [0, 0.1) is 0 Å². The number of nitrogens with one attached hydrogen (secondary N) is 2. The van der Waals surface area contributed by atoms with E-state index in [2.05, 4.69) is 15.8 Å². The summed E-state index contributed by atoms with van der Waals surface area (Å²) < 4.78 is 0. The first-order valence-corrected chi connectivity index (χ1v) is 16.8.